The Morgan fingerprint density at radius 1 is 0.542 bits per heavy atom. The number of pyridine rings is 1. The van der Waals surface area contributed by atoms with E-state index in [1.54, 1.807) is 6.07 Å². The Labute approximate surface area is 342 Å². The summed E-state index contributed by atoms with van der Waals surface area (Å²) in [5, 5.41) is 5.14. The molecule has 9 heteroatoms. The molecule has 4 heterocycles. The fourth-order valence-electron chi connectivity index (χ4n) is 8.22. The summed E-state index contributed by atoms with van der Waals surface area (Å²) in [6.07, 6.45) is -3.30. The molecule has 11 rings (SSSR count). The maximum absolute atomic E-state index is 13.1. The molecule has 1 aliphatic heterocycles. The van der Waals surface area contributed by atoms with Crippen molar-refractivity contribution in [2.24, 2.45) is 0 Å². The van der Waals surface area contributed by atoms with Crippen LogP contribution in [0, 0.1) is 5.82 Å². The minimum Gasteiger partial charge on any atom is -0.309 e. The summed E-state index contributed by atoms with van der Waals surface area (Å²) in [6.45, 7) is 0.270. The zero-order chi connectivity index (χ0) is 40.7. The molecule has 3 nitrogen and oxygen atoms in total. The highest BCUT2D eigenvalue weighted by Crippen LogP contribution is 2.36. The zero-order valence-corrected chi connectivity index (χ0v) is 32.9. The van der Waals surface area contributed by atoms with Gasteiger partial charge in [-0.1, -0.05) is 103 Å². The third-order valence-electron chi connectivity index (χ3n) is 10.8. The van der Waals surface area contributed by atoms with Gasteiger partial charge in [-0.3, -0.25) is 0 Å². The van der Waals surface area contributed by atoms with Crippen LogP contribution in [-0.2, 0) is 12.7 Å². The third kappa shape index (κ3) is 7.08. The lowest BCUT2D eigenvalue weighted by Gasteiger charge is -2.11. The van der Waals surface area contributed by atoms with E-state index >= 15 is 0 Å². The SMILES string of the molecule is Fc1ccc2c(c1)C[n+]1cc(C(F)(F)F)ccc1-2.[B]CP.c1ccc2c(c1)c1ccccc1n2-c1ccc(-c2ccc(-n3c4ccccc4c4ccccc43)cc2)cc1. The monoisotopic (exact) mass is 796 g/mol. The molecule has 1 aliphatic rings. The topological polar surface area (TPSA) is 13.7 Å². The van der Waals surface area contributed by atoms with Crippen LogP contribution in [0.1, 0.15) is 11.1 Å². The summed E-state index contributed by atoms with van der Waals surface area (Å²) in [4.78, 5) is 0. The van der Waals surface area contributed by atoms with Gasteiger partial charge in [0.15, 0.2) is 12.7 Å². The molecule has 0 aliphatic carbocycles. The van der Waals surface area contributed by atoms with Crippen molar-refractivity contribution in [2.45, 2.75) is 12.7 Å². The van der Waals surface area contributed by atoms with E-state index in [9.17, 15) is 17.6 Å². The van der Waals surface area contributed by atoms with Gasteiger partial charge in [-0.25, -0.2) is 4.39 Å². The molecule has 0 saturated carbocycles. The molecule has 59 heavy (non-hydrogen) atoms. The standard InChI is InChI=1S/C36H24N2.C13H8F4N.CH4BP/c1-5-13-33-29(9-1)30-10-2-6-14-34(30)37(33)27-21-17-25(18-22-27)26-19-23-28(24-20-26)38-35-15-7-3-11-31(35)32-12-4-8-16-36(32)38;14-10-2-3-11-8(5-10)6-18-7-9(13(15,16)17)1-4-12(11)18;2-1-3/h1-24H;1-5,7H,6H2;1,3H2/q;+1;. The first kappa shape index (κ1) is 38.0. The van der Waals surface area contributed by atoms with Crippen LogP contribution >= 0.6 is 9.24 Å². The Morgan fingerprint density at radius 2 is 0.949 bits per heavy atom. The average molecular weight is 797 g/mol. The second-order valence-electron chi connectivity index (χ2n) is 14.3. The fourth-order valence-corrected chi connectivity index (χ4v) is 8.22. The van der Waals surface area contributed by atoms with Crippen LogP contribution in [0.25, 0.3) is 77.4 Å². The first-order valence-corrected chi connectivity index (χ1v) is 20.0. The molecule has 0 amide bonds. The highest BCUT2D eigenvalue weighted by molar-refractivity contribution is 7.19. The quantitative estimate of drug-likeness (QED) is 0.0732. The third-order valence-corrected chi connectivity index (χ3v) is 10.8. The predicted octanol–water partition coefficient (Wildman–Crippen LogP) is 12.7. The van der Waals surface area contributed by atoms with Crippen LogP contribution in [0.5, 0.6) is 0 Å². The van der Waals surface area contributed by atoms with Gasteiger partial charge < -0.3 is 9.13 Å². The summed E-state index contributed by atoms with van der Waals surface area (Å²) in [6, 6.07) is 59.8. The van der Waals surface area contributed by atoms with E-state index in [0.717, 1.165) is 17.8 Å². The molecule has 0 bridgehead atoms. The van der Waals surface area contributed by atoms with Crippen LogP contribution in [0.15, 0.2) is 182 Å². The number of nitrogens with zero attached hydrogens (tertiary/aromatic N) is 3. The van der Waals surface area contributed by atoms with Gasteiger partial charge >= 0.3 is 6.18 Å². The second-order valence-corrected chi connectivity index (χ2v) is 14.8. The number of hydrogen-bond acceptors (Lipinski definition) is 0. The van der Waals surface area contributed by atoms with Crippen molar-refractivity contribution < 1.29 is 22.1 Å². The summed E-state index contributed by atoms with van der Waals surface area (Å²) < 4.78 is 57.0. The Balaban J connectivity index is 0.000000179. The second kappa shape index (κ2) is 15.7. The van der Waals surface area contributed by atoms with E-state index in [-0.39, 0.29) is 12.4 Å². The Bertz CT molecular complexity index is 2870. The molecule has 1 unspecified atom stereocenters. The van der Waals surface area contributed by atoms with Crippen LogP contribution < -0.4 is 4.57 Å². The van der Waals surface area contributed by atoms with Gasteiger partial charge in [-0.15, -0.1) is 9.24 Å². The summed E-state index contributed by atoms with van der Waals surface area (Å²) in [5.41, 5.74) is 11.2. The van der Waals surface area contributed by atoms with Crippen LogP contribution in [-0.4, -0.2) is 23.0 Å². The van der Waals surface area contributed by atoms with E-state index in [0.29, 0.717) is 17.3 Å². The lowest BCUT2D eigenvalue weighted by atomic mass is 10.0. The van der Waals surface area contributed by atoms with Crippen molar-refractivity contribution in [3.63, 3.8) is 0 Å². The highest BCUT2D eigenvalue weighted by Gasteiger charge is 2.36. The first-order valence-electron chi connectivity index (χ1n) is 19.2. The molecule has 0 fully saturated rings. The number of rotatable bonds is 3. The van der Waals surface area contributed by atoms with Crippen molar-refractivity contribution in [3.8, 4) is 33.8 Å². The lowest BCUT2D eigenvalue weighted by Crippen LogP contribution is -2.33. The number of fused-ring (bicyclic) bond motifs is 9. The average Bonchev–Trinajstić information content (AvgIpc) is 3.91. The number of para-hydroxylation sites is 4. The molecule has 2 radical (unpaired) electrons. The van der Waals surface area contributed by atoms with Gasteiger partial charge in [0.1, 0.15) is 11.4 Å². The number of alkyl halides is 3. The molecular weight excluding hydrogens is 760 g/mol. The lowest BCUT2D eigenvalue weighted by molar-refractivity contribution is -0.673. The molecule has 10 aromatic rings. The molecule has 0 N–H and O–H groups in total. The van der Waals surface area contributed by atoms with Gasteiger partial charge in [-0.2, -0.15) is 17.7 Å². The maximum atomic E-state index is 13.1. The van der Waals surface area contributed by atoms with Crippen molar-refractivity contribution in [3.05, 3.63) is 199 Å². The van der Waals surface area contributed by atoms with E-state index in [1.807, 2.05) is 0 Å². The van der Waals surface area contributed by atoms with Crippen molar-refractivity contribution in [2.75, 3.05) is 6.06 Å². The smallest absolute Gasteiger partial charge is 0.309 e. The van der Waals surface area contributed by atoms with E-state index in [2.05, 4.69) is 164 Å². The number of benzene rings is 7. The predicted molar refractivity (Wildman–Crippen MR) is 237 cm³/mol. The van der Waals surface area contributed by atoms with Crippen LogP contribution in [0.4, 0.5) is 17.6 Å². The Hall–Kier alpha value is -6.50. The normalized spacial score (nSPS) is 11.9. The first-order chi connectivity index (χ1) is 28.7. The molecule has 1 atom stereocenters. The summed E-state index contributed by atoms with van der Waals surface area (Å²) in [5.74, 6) is -0.377. The van der Waals surface area contributed by atoms with E-state index < -0.39 is 11.7 Å². The van der Waals surface area contributed by atoms with Crippen molar-refractivity contribution >= 4 is 60.7 Å². The summed E-state index contributed by atoms with van der Waals surface area (Å²) in [7, 11) is 7.17. The minimum absolute atomic E-state index is 0.270. The van der Waals surface area contributed by atoms with E-state index in [1.165, 1.54) is 88.9 Å². The largest absolute Gasteiger partial charge is 0.422 e. The molecule has 0 saturated heterocycles. The van der Waals surface area contributed by atoms with Crippen LogP contribution in [0.2, 0.25) is 0 Å². The van der Waals surface area contributed by atoms with Gasteiger partial charge in [0, 0.05) is 44.5 Å². The number of halogens is 4. The van der Waals surface area contributed by atoms with Crippen LogP contribution in [0.3, 0.4) is 0 Å². The highest BCUT2D eigenvalue weighted by atomic mass is 31.0. The molecule has 7 aromatic carbocycles. The molecule has 286 valence electrons. The van der Waals surface area contributed by atoms with Crippen molar-refractivity contribution in [1.29, 1.82) is 0 Å². The van der Waals surface area contributed by atoms with Gasteiger partial charge in [0.25, 0.3) is 0 Å². The summed E-state index contributed by atoms with van der Waals surface area (Å²) >= 11 is 0. The zero-order valence-electron chi connectivity index (χ0n) is 31.7. The Kier molecular flexibility index (Phi) is 10.1. The van der Waals surface area contributed by atoms with E-state index in [4.69, 9.17) is 7.85 Å². The number of aromatic nitrogens is 3. The van der Waals surface area contributed by atoms with Gasteiger partial charge in [-0.05, 0) is 83.9 Å². The van der Waals surface area contributed by atoms with Gasteiger partial charge in [0.2, 0.25) is 5.69 Å². The van der Waals surface area contributed by atoms with Crippen molar-refractivity contribution in [1.82, 2.24) is 9.13 Å². The number of hydrogen-bond donors (Lipinski definition) is 0. The fraction of sp³-hybridized carbons (Fsp3) is 0.0600. The van der Waals surface area contributed by atoms with Gasteiger partial charge in [0.05, 0.1) is 35.5 Å². The minimum atomic E-state index is -4.36. The maximum Gasteiger partial charge on any atom is 0.422 e. The molecule has 0 spiro atoms. The molecular formula is C50H36BF4N3P+. The molecule has 3 aromatic heterocycles. The Morgan fingerprint density at radius 3 is 1.36 bits per heavy atom.